The van der Waals surface area contributed by atoms with E-state index in [1.165, 1.54) is 0 Å². The summed E-state index contributed by atoms with van der Waals surface area (Å²) in [6.07, 6.45) is 0.652. The Kier molecular flexibility index (Phi) is 5.62. The molecule has 100 valence electrons. The van der Waals surface area contributed by atoms with Crippen molar-refractivity contribution in [1.29, 1.82) is 0 Å². The number of amides is 1. The predicted molar refractivity (Wildman–Crippen MR) is 75.5 cm³/mol. The van der Waals surface area contributed by atoms with Crippen molar-refractivity contribution in [2.75, 3.05) is 6.54 Å². The van der Waals surface area contributed by atoms with Gasteiger partial charge in [-0.2, -0.15) is 0 Å². The molecule has 18 heavy (non-hydrogen) atoms. The maximum absolute atomic E-state index is 11.2. The van der Waals surface area contributed by atoms with E-state index in [0.29, 0.717) is 25.1 Å². The number of primary amides is 1. The molecule has 0 aliphatic heterocycles. The first-order valence-corrected chi connectivity index (χ1v) is 6.74. The Hall–Kier alpha value is -1.07. The van der Waals surface area contributed by atoms with Gasteiger partial charge in [0.2, 0.25) is 0 Å². The Bertz CT molecular complexity index is 435. The molecule has 1 atom stereocenters. The van der Waals surface area contributed by atoms with Crippen molar-refractivity contribution in [2.45, 2.75) is 32.8 Å². The van der Waals surface area contributed by atoms with E-state index in [0.717, 1.165) is 15.6 Å². The third-order valence-corrected chi connectivity index (χ3v) is 3.14. The number of rotatable bonds is 6. The van der Waals surface area contributed by atoms with Crippen molar-refractivity contribution in [1.82, 2.24) is 0 Å². The third-order valence-electron chi connectivity index (χ3n) is 2.68. The lowest BCUT2D eigenvalue weighted by atomic mass is 10.1. The zero-order chi connectivity index (χ0) is 13.7. The van der Waals surface area contributed by atoms with E-state index in [1.807, 2.05) is 26.0 Å². The summed E-state index contributed by atoms with van der Waals surface area (Å²) in [5.74, 6) is 0.271. The van der Waals surface area contributed by atoms with Gasteiger partial charge in [-0.3, -0.25) is 4.79 Å². The second-order valence-electron chi connectivity index (χ2n) is 4.17. The molecular weight excluding hydrogens is 296 g/mol. The largest absolute Gasteiger partial charge is 0.480 e. The van der Waals surface area contributed by atoms with Crippen LogP contribution in [0.3, 0.4) is 0 Å². The first-order valence-electron chi connectivity index (χ1n) is 5.94. The molecule has 1 unspecified atom stereocenters. The lowest BCUT2D eigenvalue weighted by molar-refractivity contribution is -0.124. The van der Waals surface area contributed by atoms with E-state index < -0.39 is 12.0 Å². The van der Waals surface area contributed by atoms with Crippen LogP contribution < -0.4 is 16.2 Å². The second-order valence-corrected chi connectivity index (χ2v) is 5.08. The highest BCUT2D eigenvalue weighted by molar-refractivity contribution is 9.10. The molecule has 1 amide bonds. The van der Waals surface area contributed by atoms with Crippen LogP contribution in [0, 0.1) is 6.92 Å². The smallest absolute Gasteiger partial charge is 0.258 e. The molecule has 0 spiro atoms. The molecule has 0 aliphatic rings. The van der Waals surface area contributed by atoms with Crippen molar-refractivity contribution >= 4 is 21.8 Å². The highest BCUT2D eigenvalue weighted by Gasteiger charge is 2.18. The zero-order valence-electron chi connectivity index (χ0n) is 10.7. The van der Waals surface area contributed by atoms with Crippen LogP contribution in [0.4, 0.5) is 0 Å². The van der Waals surface area contributed by atoms with Gasteiger partial charge < -0.3 is 16.2 Å². The molecule has 0 heterocycles. The Morgan fingerprint density at radius 1 is 1.50 bits per heavy atom. The van der Waals surface area contributed by atoms with Crippen molar-refractivity contribution < 1.29 is 9.53 Å². The van der Waals surface area contributed by atoms with Crippen LogP contribution in [0.25, 0.3) is 0 Å². The summed E-state index contributed by atoms with van der Waals surface area (Å²) in [6, 6.07) is 3.91. The van der Waals surface area contributed by atoms with Crippen LogP contribution in [-0.2, 0) is 11.2 Å². The van der Waals surface area contributed by atoms with Crippen LogP contribution in [0.5, 0.6) is 5.75 Å². The number of benzene rings is 1. The van der Waals surface area contributed by atoms with Crippen LogP contribution in [0.1, 0.15) is 24.5 Å². The molecule has 0 aliphatic carbocycles. The van der Waals surface area contributed by atoms with Gasteiger partial charge >= 0.3 is 0 Å². The molecular formula is C13H19BrN2O2. The van der Waals surface area contributed by atoms with Gasteiger partial charge in [-0.25, -0.2) is 0 Å². The van der Waals surface area contributed by atoms with Crippen molar-refractivity contribution in [3.05, 3.63) is 27.7 Å². The Morgan fingerprint density at radius 2 is 2.17 bits per heavy atom. The van der Waals surface area contributed by atoms with Crippen molar-refractivity contribution in [3.8, 4) is 5.75 Å². The average Bonchev–Trinajstić information content (AvgIpc) is 2.28. The summed E-state index contributed by atoms with van der Waals surface area (Å²) in [5.41, 5.74) is 12.8. The number of hydrogen-bond acceptors (Lipinski definition) is 3. The fourth-order valence-corrected chi connectivity index (χ4v) is 2.41. The summed E-state index contributed by atoms with van der Waals surface area (Å²) in [7, 11) is 0. The number of nitrogens with two attached hydrogens (primary N) is 2. The van der Waals surface area contributed by atoms with Crippen LogP contribution in [0.15, 0.2) is 16.6 Å². The van der Waals surface area contributed by atoms with Gasteiger partial charge in [0.15, 0.2) is 6.10 Å². The van der Waals surface area contributed by atoms with E-state index in [4.69, 9.17) is 16.2 Å². The second kappa shape index (κ2) is 6.75. The molecule has 4 nitrogen and oxygen atoms in total. The van der Waals surface area contributed by atoms with E-state index >= 15 is 0 Å². The minimum absolute atomic E-state index is 0.446. The minimum Gasteiger partial charge on any atom is -0.480 e. The number of aryl methyl sites for hydroxylation is 1. The summed E-state index contributed by atoms with van der Waals surface area (Å²) in [5, 5.41) is 0. The predicted octanol–water partition coefficient (Wildman–Crippen LogP) is 1.90. The molecule has 0 bridgehead atoms. The summed E-state index contributed by atoms with van der Waals surface area (Å²) < 4.78 is 6.72. The van der Waals surface area contributed by atoms with Crippen molar-refractivity contribution in [3.63, 3.8) is 0 Å². The molecule has 1 aromatic carbocycles. The highest BCUT2D eigenvalue weighted by atomic mass is 79.9. The molecule has 5 heteroatoms. The Balaban J connectivity index is 3.09. The fraction of sp³-hybridized carbons (Fsp3) is 0.462. The van der Waals surface area contributed by atoms with Gasteiger partial charge in [0.1, 0.15) is 5.75 Å². The van der Waals surface area contributed by atoms with Gasteiger partial charge in [0.25, 0.3) is 5.91 Å². The summed E-state index contributed by atoms with van der Waals surface area (Å²) in [4.78, 5) is 11.2. The molecule has 1 rings (SSSR count). The topological polar surface area (TPSA) is 78.3 Å². The quantitative estimate of drug-likeness (QED) is 0.841. The highest BCUT2D eigenvalue weighted by Crippen LogP contribution is 2.29. The molecule has 4 N–H and O–H groups in total. The van der Waals surface area contributed by atoms with Gasteiger partial charge in [0, 0.05) is 4.47 Å². The fourth-order valence-electron chi connectivity index (χ4n) is 1.79. The number of carbonyl (C=O) groups excluding carboxylic acids is 1. The maximum Gasteiger partial charge on any atom is 0.258 e. The van der Waals surface area contributed by atoms with E-state index in [1.54, 1.807) is 0 Å². The molecule has 0 fully saturated rings. The van der Waals surface area contributed by atoms with E-state index in [9.17, 15) is 4.79 Å². The lowest BCUT2D eigenvalue weighted by Crippen LogP contribution is -2.33. The first kappa shape index (κ1) is 15.0. The third kappa shape index (κ3) is 3.71. The zero-order valence-corrected chi connectivity index (χ0v) is 12.3. The Labute approximate surface area is 116 Å². The molecule has 0 aromatic heterocycles. The number of ether oxygens (including phenoxy) is 1. The van der Waals surface area contributed by atoms with Crippen LogP contribution >= 0.6 is 15.9 Å². The van der Waals surface area contributed by atoms with Gasteiger partial charge in [0.05, 0.1) is 0 Å². The molecule has 0 radical (unpaired) electrons. The standard InChI is InChI=1S/C13H19BrN2O2/c1-3-11(13(16)17)18-12-8(2)6-10(14)7-9(12)4-5-15/h6-7,11H,3-5,15H2,1-2H3,(H2,16,17). The molecule has 0 saturated heterocycles. The normalized spacial score (nSPS) is 12.2. The molecule has 1 aromatic rings. The average molecular weight is 315 g/mol. The lowest BCUT2D eigenvalue weighted by Gasteiger charge is -2.19. The van der Waals surface area contributed by atoms with Gasteiger partial charge in [-0.05, 0) is 49.6 Å². The van der Waals surface area contributed by atoms with Gasteiger partial charge in [-0.1, -0.05) is 22.9 Å². The summed E-state index contributed by atoms with van der Waals surface area (Å²) in [6.45, 7) is 4.33. The minimum atomic E-state index is -0.596. The summed E-state index contributed by atoms with van der Waals surface area (Å²) >= 11 is 3.44. The van der Waals surface area contributed by atoms with E-state index in [2.05, 4.69) is 15.9 Å². The van der Waals surface area contributed by atoms with Gasteiger partial charge in [-0.15, -0.1) is 0 Å². The molecule has 0 saturated carbocycles. The number of carbonyl (C=O) groups is 1. The monoisotopic (exact) mass is 314 g/mol. The maximum atomic E-state index is 11.2. The van der Waals surface area contributed by atoms with Crippen LogP contribution in [-0.4, -0.2) is 18.6 Å². The van der Waals surface area contributed by atoms with E-state index in [-0.39, 0.29) is 0 Å². The van der Waals surface area contributed by atoms with Crippen LogP contribution in [0.2, 0.25) is 0 Å². The van der Waals surface area contributed by atoms with Crippen molar-refractivity contribution in [2.24, 2.45) is 11.5 Å². The Morgan fingerprint density at radius 3 is 2.67 bits per heavy atom. The number of hydrogen-bond donors (Lipinski definition) is 2. The number of halogens is 1. The first-order chi connectivity index (χ1) is 8.49. The SMILES string of the molecule is CCC(Oc1c(C)cc(Br)cc1CCN)C(N)=O.